The van der Waals surface area contributed by atoms with Gasteiger partial charge in [-0.05, 0) is 111 Å². The van der Waals surface area contributed by atoms with Crippen LogP contribution in [0.2, 0.25) is 0 Å². The van der Waals surface area contributed by atoms with Crippen LogP contribution in [0.15, 0.2) is 18.2 Å². The Balaban J connectivity index is 1.20. The molecule has 4 saturated carbocycles. The van der Waals surface area contributed by atoms with Crippen molar-refractivity contribution < 1.29 is 32.8 Å². The number of aromatic amines is 1. The van der Waals surface area contributed by atoms with Crippen LogP contribution in [0.4, 0.5) is 8.78 Å². The highest BCUT2D eigenvalue weighted by Gasteiger charge is 2.63. The summed E-state index contributed by atoms with van der Waals surface area (Å²) in [6, 6.07) is 4.63. The van der Waals surface area contributed by atoms with Gasteiger partial charge in [-0.25, -0.2) is 0 Å². The van der Waals surface area contributed by atoms with Crippen molar-refractivity contribution in [3.8, 4) is 5.75 Å². The highest BCUT2D eigenvalue weighted by molar-refractivity contribution is 5.81. The van der Waals surface area contributed by atoms with Crippen LogP contribution in [0.5, 0.6) is 5.75 Å². The van der Waals surface area contributed by atoms with Gasteiger partial charge in [0.05, 0.1) is 12.2 Å². The minimum absolute atomic E-state index is 0.00567. The molecule has 4 aliphatic carbocycles. The van der Waals surface area contributed by atoms with Crippen molar-refractivity contribution in [2.24, 2.45) is 40.4 Å². The van der Waals surface area contributed by atoms with Crippen molar-refractivity contribution in [1.82, 2.24) is 10.3 Å². The maximum absolute atomic E-state index is 13.9. The number of alkyl halides is 2. The van der Waals surface area contributed by atoms with Crippen LogP contribution < -0.4 is 9.42 Å². The van der Waals surface area contributed by atoms with E-state index >= 15 is 0 Å². The Hall–Kier alpha value is -2.13. The molecule has 0 aliphatic heterocycles. The fraction of sp³-hybridized carbons (Fsp3) is 0.774. The van der Waals surface area contributed by atoms with Crippen LogP contribution in [0.25, 0.3) is 11.0 Å². The Morgan fingerprint density at radius 1 is 1.15 bits per heavy atom. The molecule has 4 fully saturated rings. The highest BCUT2D eigenvalue weighted by atomic mass is 19.3. The third-order valence-corrected chi connectivity index (χ3v) is 11.6. The molecule has 2 aromatic rings. The Bertz CT molecular complexity index is 1270. The standard InChI is InChI=1S/C31H43F2N3O4/c1-28(38)13-14-31(18-39-4)19(16-28)5-7-21-22-8-9-24(29(22,2)12-11-23(21)31)27(37)17-36-26-10-6-20(40-30(3,32)33)15-25(26)34-35-36/h6,10,15,19,21-24,38H,5,7-9,11-14,16-18H2,1-4H3/p+1/t19-,21-,22-,23-,24+,28+,29-,31+/m0/s1. The fourth-order valence-corrected chi connectivity index (χ4v) is 9.96. The van der Waals surface area contributed by atoms with Crippen LogP contribution in [0.1, 0.15) is 78.6 Å². The van der Waals surface area contributed by atoms with Crippen LogP contribution in [-0.4, -0.2) is 46.6 Å². The minimum atomic E-state index is -3.28. The molecule has 6 rings (SSSR count). The van der Waals surface area contributed by atoms with Gasteiger partial charge in [0.15, 0.2) is 12.3 Å². The third-order valence-electron chi connectivity index (χ3n) is 11.6. The van der Waals surface area contributed by atoms with Crippen molar-refractivity contribution in [3.63, 3.8) is 0 Å². The maximum Gasteiger partial charge on any atom is 0.394 e. The van der Waals surface area contributed by atoms with Gasteiger partial charge in [-0.3, -0.25) is 4.79 Å². The molecule has 4 aliphatic rings. The molecule has 0 radical (unpaired) electrons. The van der Waals surface area contributed by atoms with Gasteiger partial charge in [0, 0.05) is 31.1 Å². The van der Waals surface area contributed by atoms with E-state index in [9.17, 15) is 18.7 Å². The molecule has 1 heterocycles. The monoisotopic (exact) mass is 560 g/mol. The Labute approximate surface area is 235 Å². The molecule has 9 heteroatoms. The number of ketones is 1. The van der Waals surface area contributed by atoms with Gasteiger partial charge >= 0.3 is 6.11 Å². The van der Waals surface area contributed by atoms with Gasteiger partial charge in [-0.15, -0.1) is 4.68 Å². The van der Waals surface area contributed by atoms with Crippen LogP contribution >= 0.6 is 0 Å². The molecular weight excluding hydrogens is 516 g/mol. The summed E-state index contributed by atoms with van der Waals surface area (Å²) in [4.78, 5) is 13.9. The Kier molecular flexibility index (Phi) is 6.81. The Morgan fingerprint density at radius 2 is 1.95 bits per heavy atom. The molecule has 2 N–H and O–H groups in total. The molecule has 0 amide bonds. The average molecular weight is 561 g/mol. The molecule has 0 saturated heterocycles. The number of hydrogen-bond acceptors (Lipinski definition) is 5. The maximum atomic E-state index is 13.9. The molecule has 220 valence electrons. The quantitative estimate of drug-likeness (QED) is 0.440. The van der Waals surface area contributed by atoms with Crippen molar-refractivity contribution in [3.05, 3.63) is 18.2 Å². The summed E-state index contributed by atoms with van der Waals surface area (Å²) in [7, 11) is 1.82. The smallest absolute Gasteiger partial charge is 0.394 e. The number of Topliss-reactive ketones (excluding diaryl/α,β-unsaturated/α-hetero) is 1. The van der Waals surface area contributed by atoms with E-state index < -0.39 is 11.7 Å². The first-order valence-corrected chi connectivity index (χ1v) is 15.0. The number of rotatable bonds is 7. The number of H-pyrrole nitrogens is 1. The molecule has 7 nitrogen and oxygen atoms in total. The summed E-state index contributed by atoms with van der Waals surface area (Å²) < 4.78 is 38.9. The summed E-state index contributed by atoms with van der Waals surface area (Å²) in [5.41, 5.74) is 0.711. The Morgan fingerprint density at radius 3 is 2.70 bits per heavy atom. The molecular formula is C31H44F2N3O4+. The lowest BCUT2D eigenvalue weighted by Gasteiger charge is -2.62. The van der Waals surface area contributed by atoms with E-state index in [-0.39, 0.29) is 34.8 Å². The number of benzene rings is 1. The average Bonchev–Trinajstić information content (AvgIpc) is 3.43. The molecule has 0 bridgehead atoms. The molecule has 1 aromatic heterocycles. The lowest BCUT2D eigenvalue weighted by molar-refractivity contribution is -0.719. The molecule has 8 atom stereocenters. The van der Waals surface area contributed by atoms with Gasteiger partial charge in [0.2, 0.25) is 5.52 Å². The van der Waals surface area contributed by atoms with Crippen molar-refractivity contribution in [2.45, 2.75) is 96.8 Å². The summed E-state index contributed by atoms with van der Waals surface area (Å²) in [5, 5.41) is 18.0. The first kappa shape index (κ1) is 28.0. The molecule has 1 aromatic carbocycles. The summed E-state index contributed by atoms with van der Waals surface area (Å²) in [6.45, 7) is 6.01. The number of aromatic nitrogens is 3. The lowest BCUT2D eigenvalue weighted by atomic mass is 9.43. The van der Waals surface area contributed by atoms with Gasteiger partial charge in [0.25, 0.3) is 5.52 Å². The number of carbonyl (C=O) groups excluding carboxylic acids is 1. The van der Waals surface area contributed by atoms with Crippen LogP contribution in [0.3, 0.4) is 0 Å². The van der Waals surface area contributed by atoms with Gasteiger partial charge in [-0.2, -0.15) is 8.78 Å². The van der Waals surface area contributed by atoms with E-state index in [1.54, 1.807) is 10.7 Å². The number of hydrogen-bond donors (Lipinski definition) is 2. The van der Waals surface area contributed by atoms with E-state index in [0.29, 0.717) is 41.6 Å². The van der Waals surface area contributed by atoms with E-state index in [2.05, 4.69) is 22.0 Å². The van der Waals surface area contributed by atoms with Gasteiger partial charge in [0.1, 0.15) is 5.75 Å². The SMILES string of the molecule is COC[C@]12CC[C@@](C)(O)C[C@@H]1CC[C@H]1[C@@H]3CC[C@H](C(=O)C[n+]4[nH]nc5cc(OC(C)(F)F)ccc54)[C@@]3(C)CC[C@@H]12. The number of nitrogens with zero attached hydrogens (tertiary/aromatic N) is 2. The van der Waals surface area contributed by atoms with E-state index in [1.807, 2.05) is 14.0 Å². The number of halogens is 2. The van der Waals surface area contributed by atoms with E-state index in [4.69, 9.17) is 4.74 Å². The number of aliphatic hydroxyl groups is 1. The van der Waals surface area contributed by atoms with Gasteiger partial charge < -0.3 is 14.6 Å². The number of methoxy groups -OCH3 is 1. The first-order chi connectivity index (χ1) is 18.9. The van der Waals surface area contributed by atoms with E-state index in [0.717, 1.165) is 58.0 Å². The van der Waals surface area contributed by atoms with Crippen molar-refractivity contribution in [2.75, 3.05) is 13.7 Å². The third kappa shape index (κ3) is 4.65. The second kappa shape index (κ2) is 9.72. The molecule has 0 unspecified atom stereocenters. The van der Waals surface area contributed by atoms with Crippen LogP contribution in [-0.2, 0) is 16.1 Å². The topological polar surface area (TPSA) is 88.3 Å². The lowest BCUT2D eigenvalue weighted by Crippen LogP contribution is -2.58. The number of carbonyl (C=O) groups is 1. The molecule has 0 spiro atoms. The summed E-state index contributed by atoms with van der Waals surface area (Å²) in [6.07, 6.45) is 5.93. The first-order valence-electron chi connectivity index (χ1n) is 15.0. The second-order valence-corrected chi connectivity index (χ2v) is 14.0. The zero-order chi connectivity index (χ0) is 28.5. The molecule has 40 heavy (non-hydrogen) atoms. The summed E-state index contributed by atoms with van der Waals surface area (Å²) in [5.74, 6) is 2.46. The van der Waals surface area contributed by atoms with E-state index in [1.165, 1.54) is 18.6 Å². The number of nitrogens with one attached hydrogen (secondary N) is 1. The zero-order valence-corrected chi connectivity index (χ0v) is 24.2. The van der Waals surface area contributed by atoms with Crippen molar-refractivity contribution >= 4 is 16.8 Å². The number of ether oxygens (including phenoxy) is 2. The minimum Gasteiger partial charge on any atom is -0.433 e. The van der Waals surface area contributed by atoms with Gasteiger partial charge in [-0.1, -0.05) is 12.1 Å². The second-order valence-electron chi connectivity index (χ2n) is 14.0. The summed E-state index contributed by atoms with van der Waals surface area (Å²) >= 11 is 0. The predicted octanol–water partition coefficient (Wildman–Crippen LogP) is 5.45. The largest absolute Gasteiger partial charge is 0.433 e. The zero-order valence-electron chi connectivity index (χ0n) is 24.2. The number of fused-ring (bicyclic) bond motifs is 6. The van der Waals surface area contributed by atoms with Crippen molar-refractivity contribution in [1.29, 1.82) is 0 Å². The van der Waals surface area contributed by atoms with Crippen LogP contribution in [0, 0.1) is 40.4 Å². The highest BCUT2D eigenvalue weighted by Crippen LogP contribution is 2.68. The fourth-order valence-electron chi connectivity index (χ4n) is 9.96. The predicted molar refractivity (Wildman–Crippen MR) is 145 cm³/mol. The normalized spacial score (nSPS) is 39.4.